The highest BCUT2D eigenvalue weighted by Crippen LogP contribution is 2.46. The Morgan fingerprint density at radius 2 is 1.03 bits per heavy atom. The molecule has 0 aromatic rings. The van der Waals surface area contributed by atoms with Crippen molar-refractivity contribution < 1.29 is 28.8 Å². The van der Waals surface area contributed by atoms with Crippen LogP contribution in [0.4, 0.5) is 0 Å². The summed E-state index contributed by atoms with van der Waals surface area (Å²) < 4.78 is 12.0. The number of carbonyl (C=O) groups is 2. The molecule has 0 amide bonds. The van der Waals surface area contributed by atoms with Gasteiger partial charge in [0, 0.05) is 11.8 Å². The molecule has 0 spiro atoms. The largest absolute Gasteiger partial charge is 0.457 e. The smallest absolute Gasteiger partial charge is 0.342 e. The molecule has 4 unspecified atom stereocenters. The molecule has 6 nitrogen and oxygen atoms in total. The van der Waals surface area contributed by atoms with E-state index in [1.54, 1.807) is 0 Å². The molecule has 0 bridgehead atoms. The van der Waals surface area contributed by atoms with Crippen molar-refractivity contribution in [3.63, 3.8) is 0 Å². The topological polar surface area (TPSA) is 71.1 Å². The SMILES string of the molecule is CCC1CCCCC1(OOC1(C(=O)OC(C)(C)CC)CCCCC1CC)C(=O)OC(C)(C)CC. The average molecular weight is 483 g/mol. The van der Waals surface area contributed by atoms with E-state index in [2.05, 4.69) is 13.8 Å². The fraction of sp³-hybridized carbons (Fsp3) is 0.929. The van der Waals surface area contributed by atoms with E-state index >= 15 is 0 Å². The summed E-state index contributed by atoms with van der Waals surface area (Å²) in [5.74, 6) is -0.783. The zero-order valence-electron chi connectivity index (χ0n) is 23.1. The van der Waals surface area contributed by atoms with Gasteiger partial charge in [0.25, 0.3) is 0 Å². The van der Waals surface area contributed by atoms with Crippen molar-refractivity contribution in [2.45, 2.75) is 155 Å². The van der Waals surface area contributed by atoms with Crippen LogP contribution in [0, 0.1) is 11.8 Å². The van der Waals surface area contributed by atoms with Crippen molar-refractivity contribution in [3.8, 4) is 0 Å². The van der Waals surface area contributed by atoms with E-state index in [9.17, 15) is 9.59 Å². The van der Waals surface area contributed by atoms with E-state index in [0.717, 1.165) is 51.4 Å². The van der Waals surface area contributed by atoms with Crippen LogP contribution in [-0.4, -0.2) is 34.3 Å². The molecule has 0 radical (unpaired) electrons. The Labute approximate surface area is 207 Å². The van der Waals surface area contributed by atoms with Gasteiger partial charge in [0.15, 0.2) is 0 Å². The van der Waals surface area contributed by atoms with Gasteiger partial charge in [0.05, 0.1) is 0 Å². The summed E-state index contributed by atoms with van der Waals surface area (Å²) >= 11 is 0. The molecule has 34 heavy (non-hydrogen) atoms. The third kappa shape index (κ3) is 6.34. The lowest BCUT2D eigenvalue weighted by molar-refractivity contribution is -0.425. The van der Waals surface area contributed by atoms with Crippen LogP contribution in [-0.2, 0) is 28.8 Å². The van der Waals surface area contributed by atoms with Gasteiger partial charge in [-0.15, -0.1) is 0 Å². The Morgan fingerprint density at radius 1 is 0.676 bits per heavy atom. The molecule has 2 rings (SSSR count). The zero-order chi connectivity index (χ0) is 25.6. The predicted octanol–water partition coefficient (Wildman–Crippen LogP) is 7.08. The number of hydrogen-bond donors (Lipinski definition) is 0. The molecular formula is C28H50O6. The Morgan fingerprint density at radius 3 is 1.32 bits per heavy atom. The predicted molar refractivity (Wildman–Crippen MR) is 133 cm³/mol. The lowest BCUT2D eigenvalue weighted by Crippen LogP contribution is -2.58. The van der Waals surface area contributed by atoms with Gasteiger partial charge in [-0.25, -0.2) is 19.4 Å². The van der Waals surface area contributed by atoms with Gasteiger partial charge in [-0.05, 0) is 91.9 Å². The number of hydrogen-bond acceptors (Lipinski definition) is 6. The molecule has 198 valence electrons. The zero-order valence-corrected chi connectivity index (χ0v) is 23.1. The van der Waals surface area contributed by atoms with E-state index < -0.39 is 22.4 Å². The second kappa shape index (κ2) is 11.7. The van der Waals surface area contributed by atoms with Gasteiger partial charge in [0.2, 0.25) is 11.2 Å². The van der Waals surface area contributed by atoms with E-state index in [4.69, 9.17) is 19.2 Å². The molecule has 0 heterocycles. The van der Waals surface area contributed by atoms with Gasteiger partial charge in [-0.2, -0.15) is 0 Å². The van der Waals surface area contributed by atoms with Crippen LogP contribution >= 0.6 is 0 Å². The van der Waals surface area contributed by atoms with Crippen molar-refractivity contribution in [1.29, 1.82) is 0 Å². The van der Waals surface area contributed by atoms with E-state index in [0.29, 0.717) is 25.7 Å². The molecule has 2 saturated carbocycles. The number of ether oxygens (including phenoxy) is 2. The van der Waals surface area contributed by atoms with Crippen LogP contribution in [0.1, 0.15) is 132 Å². The van der Waals surface area contributed by atoms with Crippen LogP contribution in [0.5, 0.6) is 0 Å². The maximum Gasteiger partial charge on any atom is 0.342 e. The maximum absolute atomic E-state index is 13.7. The Hall–Kier alpha value is -1.14. The highest BCUT2D eigenvalue weighted by atomic mass is 17.2. The highest BCUT2D eigenvalue weighted by Gasteiger charge is 2.57. The molecular weight excluding hydrogens is 432 g/mol. The first-order valence-corrected chi connectivity index (χ1v) is 13.8. The van der Waals surface area contributed by atoms with Gasteiger partial charge in [-0.1, -0.05) is 40.5 Å². The van der Waals surface area contributed by atoms with E-state index in [1.807, 2.05) is 41.5 Å². The minimum absolute atomic E-state index is 0.0229. The quantitative estimate of drug-likeness (QED) is 0.178. The first-order valence-electron chi connectivity index (χ1n) is 13.8. The van der Waals surface area contributed by atoms with Gasteiger partial charge in [-0.3, -0.25) is 0 Å². The summed E-state index contributed by atoms with van der Waals surface area (Å²) in [6.07, 6.45) is 9.59. The molecule has 2 aliphatic carbocycles. The summed E-state index contributed by atoms with van der Waals surface area (Å²) in [7, 11) is 0. The van der Waals surface area contributed by atoms with Crippen LogP contribution in [0.15, 0.2) is 0 Å². The first kappa shape index (κ1) is 29.1. The normalized spacial score (nSPS) is 30.6. The van der Waals surface area contributed by atoms with Crippen LogP contribution in [0.3, 0.4) is 0 Å². The summed E-state index contributed by atoms with van der Waals surface area (Å²) in [5, 5.41) is 0. The molecule has 0 saturated heterocycles. The van der Waals surface area contributed by atoms with Crippen molar-refractivity contribution in [2.75, 3.05) is 0 Å². The molecule has 0 aromatic carbocycles. The lowest BCUT2D eigenvalue weighted by atomic mass is 9.73. The second-order valence-electron chi connectivity index (χ2n) is 11.7. The second-order valence-corrected chi connectivity index (χ2v) is 11.7. The van der Waals surface area contributed by atoms with E-state index in [1.165, 1.54) is 0 Å². The standard InChI is InChI=1S/C28H50O6/c1-9-21-17-13-15-19-27(21,23(29)31-25(5,6)11-3)33-34-28(20-16-14-18-22(28)10-2)24(30)32-26(7,8)12-4/h21-22H,9-20H2,1-8H3. The monoisotopic (exact) mass is 482 g/mol. The molecule has 6 heteroatoms. The van der Waals surface area contributed by atoms with Crippen LogP contribution in [0.25, 0.3) is 0 Å². The first-order chi connectivity index (χ1) is 15.9. The molecule has 0 N–H and O–H groups in total. The van der Waals surface area contributed by atoms with Crippen molar-refractivity contribution in [1.82, 2.24) is 0 Å². The van der Waals surface area contributed by atoms with Crippen LogP contribution < -0.4 is 0 Å². The van der Waals surface area contributed by atoms with Crippen molar-refractivity contribution in [3.05, 3.63) is 0 Å². The third-order valence-electron chi connectivity index (χ3n) is 8.48. The van der Waals surface area contributed by atoms with Gasteiger partial charge < -0.3 is 9.47 Å². The third-order valence-corrected chi connectivity index (χ3v) is 8.48. The summed E-state index contributed by atoms with van der Waals surface area (Å²) in [6.45, 7) is 15.8. The number of esters is 2. The Balaban J connectivity index is 2.42. The maximum atomic E-state index is 13.7. The minimum Gasteiger partial charge on any atom is -0.457 e. The lowest BCUT2D eigenvalue weighted by Gasteiger charge is -2.46. The Kier molecular flexibility index (Phi) is 10.0. The molecule has 4 atom stereocenters. The minimum atomic E-state index is -1.21. The number of carbonyl (C=O) groups excluding carboxylic acids is 2. The fourth-order valence-corrected chi connectivity index (χ4v) is 5.29. The summed E-state index contributed by atoms with van der Waals surface area (Å²) in [4.78, 5) is 40.0. The van der Waals surface area contributed by atoms with E-state index in [-0.39, 0.29) is 23.8 Å². The fourth-order valence-electron chi connectivity index (χ4n) is 5.29. The molecule has 0 aromatic heterocycles. The number of rotatable bonds is 11. The van der Waals surface area contributed by atoms with Gasteiger partial charge in [0.1, 0.15) is 11.2 Å². The van der Waals surface area contributed by atoms with Crippen LogP contribution in [0.2, 0.25) is 0 Å². The highest BCUT2D eigenvalue weighted by molar-refractivity contribution is 5.81. The average Bonchev–Trinajstić information content (AvgIpc) is 2.82. The molecule has 2 fully saturated rings. The van der Waals surface area contributed by atoms with Crippen molar-refractivity contribution >= 4 is 11.9 Å². The summed E-state index contributed by atoms with van der Waals surface area (Å²) in [6, 6.07) is 0. The molecule has 2 aliphatic rings. The summed E-state index contributed by atoms with van der Waals surface area (Å²) in [5.41, 5.74) is -3.60. The molecule has 0 aliphatic heterocycles. The Bertz CT molecular complexity index is 628. The van der Waals surface area contributed by atoms with Gasteiger partial charge >= 0.3 is 11.9 Å². The van der Waals surface area contributed by atoms with Crippen molar-refractivity contribution in [2.24, 2.45) is 11.8 Å².